The molecule has 0 atom stereocenters. The van der Waals surface area contributed by atoms with E-state index in [0.29, 0.717) is 11.6 Å². The number of halogens is 1. The predicted molar refractivity (Wildman–Crippen MR) is 81.5 cm³/mol. The van der Waals surface area contributed by atoms with Crippen LogP contribution in [0.3, 0.4) is 0 Å². The highest BCUT2D eigenvalue weighted by Gasteiger charge is 2.12. The molecule has 1 aromatic carbocycles. The summed E-state index contributed by atoms with van der Waals surface area (Å²) in [5.74, 6) is 0.0145. The van der Waals surface area contributed by atoms with E-state index >= 15 is 0 Å². The number of benzene rings is 1. The van der Waals surface area contributed by atoms with E-state index in [9.17, 15) is 4.39 Å². The van der Waals surface area contributed by atoms with Gasteiger partial charge in [0.1, 0.15) is 5.69 Å². The van der Waals surface area contributed by atoms with Crippen molar-refractivity contribution < 1.29 is 4.39 Å². The van der Waals surface area contributed by atoms with Gasteiger partial charge in [-0.15, -0.1) is 0 Å². The van der Waals surface area contributed by atoms with Crippen molar-refractivity contribution in [3.05, 3.63) is 48.7 Å². The van der Waals surface area contributed by atoms with Gasteiger partial charge in [-0.25, -0.2) is 14.4 Å². The van der Waals surface area contributed by atoms with Crippen LogP contribution in [0.4, 0.5) is 10.3 Å². The standard InChI is InChI=1S/C16H15FN4/c1-2-7-19-16-20-10-14(17)15(21-16)13-5-3-4-11-9-18-8-6-12(11)13/h3-6,8-10H,2,7H2,1H3,(H,19,20,21). The monoisotopic (exact) mass is 282 g/mol. The van der Waals surface area contributed by atoms with Gasteiger partial charge >= 0.3 is 0 Å². The van der Waals surface area contributed by atoms with Gasteiger partial charge in [-0.3, -0.25) is 4.98 Å². The molecule has 5 heteroatoms. The van der Waals surface area contributed by atoms with Gasteiger partial charge < -0.3 is 5.32 Å². The smallest absolute Gasteiger partial charge is 0.223 e. The molecule has 4 nitrogen and oxygen atoms in total. The molecule has 0 bridgehead atoms. The Labute approximate surface area is 122 Å². The maximum atomic E-state index is 14.1. The molecule has 106 valence electrons. The van der Waals surface area contributed by atoms with Crippen molar-refractivity contribution in [2.75, 3.05) is 11.9 Å². The Morgan fingerprint density at radius 3 is 2.95 bits per heavy atom. The molecule has 0 aliphatic heterocycles. The van der Waals surface area contributed by atoms with Crippen molar-refractivity contribution in [3.8, 4) is 11.3 Å². The van der Waals surface area contributed by atoms with Crippen molar-refractivity contribution in [2.45, 2.75) is 13.3 Å². The van der Waals surface area contributed by atoms with E-state index in [1.54, 1.807) is 12.4 Å². The van der Waals surface area contributed by atoms with Gasteiger partial charge in [0.25, 0.3) is 0 Å². The van der Waals surface area contributed by atoms with E-state index in [-0.39, 0.29) is 0 Å². The van der Waals surface area contributed by atoms with Crippen LogP contribution in [0.15, 0.2) is 42.9 Å². The molecule has 0 amide bonds. The summed E-state index contributed by atoms with van der Waals surface area (Å²) in [6, 6.07) is 7.55. The highest BCUT2D eigenvalue weighted by molar-refractivity contribution is 5.95. The van der Waals surface area contributed by atoms with Gasteiger partial charge in [-0.2, -0.15) is 0 Å². The van der Waals surface area contributed by atoms with Gasteiger partial charge in [-0.1, -0.05) is 25.1 Å². The van der Waals surface area contributed by atoms with Crippen molar-refractivity contribution in [3.63, 3.8) is 0 Å². The zero-order valence-electron chi connectivity index (χ0n) is 11.7. The zero-order valence-corrected chi connectivity index (χ0v) is 11.7. The fourth-order valence-electron chi connectivity index (χ4n) is 2.21. The third-order valence-corrected chi connectivity index (χ3v) is 3.21. The van der Waals surface area contributed by atoms with E-state index in [1.807, 2.05) is 24.3 Å². The summed E-state index contributed by atoms with van der Waals surface area (Å²) in [7, 11) is 0. The quantitative estimate of drug-likeness (QED) is 0.793. The molecular weight excluding hydrogens is 267 g/mol. The largest absolute Gasteiger partial charge is 0.354 e. The second-order valence-corrected chi connectivity index (χ2v) is 4.72. The van der Waals surface area contributed by atoms with E-state index in [4.69, 9.17) is 0 Å². The Kier molecular flexibility index (Phi) is 3.73. The number of aromatic nitrogens is 3. The summed E-state index contributed by atoms with van der Waals surface area (Å²) in [5.41, 5.74) is 1.05. The van der Waals surface area contributed by atoms with Crippen LogP contribution < -0.4 is 5.32 Å². The molecule has 0 spiro atoms. The molecule has 21 heavy (non-hydrogen) atoms. The summed E-state index contributed by atoms with van der Waals surface area (Å²) < 4.78 is 14.1. The normalized spacial score (nSPS) is 10.8. The van der Waals surface area contributed by atoms with Crippen LogP contribution in [0.2, 0.25) is 0 Å². The molecule has 1 N–H and O–H groups in total. The second-order valence-electron chi connectivity index (χ2n) is 4.72. The first-order valence-electron chi connectivity index (χ1n) is 6.89. The number of hydrogen-bond donors (Lipinski definition) is 1. The van der Waals surface area contributed by atoms with Crippen LogP contribution in [0.25, 0.3) is 22.0 Å². The Hall–Kier alpha value is -2.56. The SMILES string of the molecule is CCCNc1ncc(F)c(-c2cccc3cnccc23)n1. The topological polar surface area (TPSA) is 50.7 Å². The van der Waals surface area contributed by atoms with Crippen LogP contribution in [0.5, 0.6) is 0 Å². The number of rotatable bonds is 4. The number of fused-ring (bicyclic) bond motifs is 1. The third-order valence-electron chi connectivity index (χ3n) is 3.21. The number of nitrogens with one attached hydrogen (secondary N) is 1. The summed E-state index contributed by atoms with van der Waals surface area (Å²) in [4.78, 5) is 12.4. The summed E-state index contributed by atoms with van der Waals surface area (Å²) in [5, 5.41) is 4.96. The van der Waals surface area contributed by atoms with Crippen molar-refractivity contribution >= 4 is 16.7 Å². The molecule has 0 radical (unpaired) electrons. The molecule has 3 aromatic rings. The first-order valence-corrected chi connectivity index (χ1v) is 6.89. The van der Waals surface area contributed by atoms with Crippen molar-refractivity contribution in [2.24, 2.45) is 0 Å². The van der Waals surface area contributed by atoms with Crippen LogP contribution in [-0.2, 0) is 0 Å². The van der Waals surface area contributed by atoms with Gasteiger partial charge in [0.05, 0.1) is 6.20 Å². The summed E-state index contributed by atoms with van der Waals surface area (Å²) in [6.07, 6.45) is 5.62. The van der Waals surface area contributed by atoms with Gasteiger partial charge in [0.15, 0.2) is 5.82 Å². The van der Waals surface area contributed by atoms with E-state index in [2.05, 4.69) is 27.2 Å². The predicted octanol–water partition coefficient (Wildman–Crippen LogP) is 3.65. The Morgan fingerprint density at radius 1 is 1.19 bits per heavy atom. The lowest BCUT2D eigenvalue weighted by atomic mass is 10.0. The molecular formula is C16H15FN4. The Bertz CT molecular complexity index is 768. The zero-order chi connectivity index (χ0) is 14.7. The minimum atomic E-state index is -0.429. The molecule has 0 saturated carbocycles. The Morgan fingerprint density at radius 2 is 2.10 bits per heavy atom. The molecule has 3 rings (SSSR count). The lowest BCUT2D eigenvalue weighted by molar-refractivity contribution is 0.618. The van der Waals surface area contributed by atoms with Crippen molar-refractivity contribution in [1.82, 2.24) is 15.0 Å². The fraction of sp³-hybridized carbons (Fsp3) is 0.188. The minimum Gasteiger partial charge on any atom is -0.354 e. The van der Waals surface area contributed by atoms with Gasteiger partial charge in [0, 0.05) is 29.9 Å². The average molecular weight is 282 g/mol. The van der Waals surface area contributed by atoms with Crippen LogP contribution in [-0.4, -0.2) is 21.5 Å². The third kappa shape index (κ3) is 2.67. The molecule has 2 heterocycles. The van der Waals surface area contributed by atoms with Crippen LogP contribution in [0.1, 0.15) is 13.3 Å². The fourth-order valence-corrected chi connectivity index (χ4v) is 2.21. The van der Waals surface area contributed by atoms with Gasteiger partial charge in [-0.05, 0) is 17.9 Å². The molecule has 0 aliphatic carbocycles. The number of pyridine rings is 1. The highest BCUT2D eigenvalue weighted by Crippen LogP contribution is 2.28. The first-order chi connectivity index (χ1) is 10.3. The lowest BCUT2D eigenvalue weighted by Crippen LogP contribution is -2.05. The van der Waals surface area contributed by atoms with Gasteiger partial charge in [0.2, 0.25) is 5.95 Å². The molecule has 2 aromatic heterocycles. The number of anilines is 1. The van der Waals surface area contributed by atoms with Crippen LogP contribution >= 0.6 is 0 Å². The number of hydrogen-bond acceptors (Lipinski definition) is 4. The Balaban J connectivity index is 2.13. The second kappa shape index (κ2) is 5.83. The summed E-state index contributed by atoms with van der Waals surface area (Å²) >= 11 is 0. The van der Waals surface area contributed by atoms with E-state index < -0.39 is 5.82 Å². The maximum absolute atomic E-state index is 14.1. The van der Waals surface area contributed by atoms with E-state index in [1.165, 1.54) is 6.20 Å². The van der Waals surface area contributed by atoms with Crippen LogP contribution in [0, 0.1) is 5.82 Å². The highest BCUT2D eigenvalue weighted by atomic mass is 19.1. The lowest BCUT2D eigenvalue weighted by Gasteiger charge is -2.09. The minimum absolute atomic E-state index is 0.306. The average Bonchev–Trinajstić information content (AvgIpc) is 2.54. The molecule has 0 aliphatic rings. The first kappa shape index (κ1) is 13.4. The maximum Gasteiger partial charge on any atom is 0.223 e. The van der Waals surface area contributed by atoms with Crippen molar-refractivity contribution in [1.29, 1.82) is 0 Å². The number of nitrogens with zero attached hydrogens (tertiary/aromatic N) is 3. The molecule has 0 unspecified atom stereocenters. The van der Waals surface area contributed by atoms with E-state index in [0.717, 1.165) is 29.3 Å². The summed E-state index contributed by atoms with van der Waals surface area (Å²) in [6.45, 7) is 2.81. The molecule has 0 fully saturated rings. The molecule has 0 saturated heterocycles.